The highest BCUT2D eigenvalue weighted by Crippen LogP contribution is 2.45. The van der Waals surface area contributed by atoms with Gasteiger partial charge in [-0.3, -0.25) is 0 Å². The Morgan fingerprint density at radius 3 is 2.00 bits per heavy atom. The molecule has 0 unspecified atom stereocenters. The van der Waals surface area contributed by atoms with Gasteiger partial charge in [0.05, 0.1) is 6.61 Å². The summed E-state index contributed by atoms with van der Waals surface area (Å²) in [6.07, 6.45) is -3.04. The van der Waals surface area contributed by atoms with Gasteiger partial charge in [0, 0.05) is 0 Å². The predicted octanol–water partition coefficient (Wildman–Crippen LogP) is 1.99. The Balaban J connectivity index is 1.57. The Kier molecular flexibility index (Phi) is 4.18. The first-order valence-corrected chi connectivity index (χ1v) is 8.81. The molecule has 2 heterocycles. The highest BCUT2D eigenvalue weighted by Gasteiger charge is 2.63. The molecule has 6 atom stereocenters. The molecule has 4 rings (SSSR count). The number of ether oxygens (including phenoxy) is 5. The molecular weight excluding hydrogens is 324 g/mol. The second kappa shape index (κ2) is 6.01. The van der Waals surface area contributed by atoms with E-state index in [1.807, 2.05) is 58.0 Å². The molecule has 2 saturated heterocycles. The van der Waals surface area contributed by atoms with Crippen LogP contribution in [0.15, 0.2) is 30.3 Å². The lowest BCUT2D eigenvalue weighted by molar-refractivity contribution is -0.196. The topological polar surface area (TPSA) is 66.4 Å². The molecule has 1 saturated carbocycles. The zero-order chi connectivity index (χ0) is 17.8. The molecule has 1 N–H and O–H groups in total. The number of hydrogen-bond donors (Lipinski definition) is 1. The largest absolute Gasteiger partial charge is 0.387 e. The molecule has 0 spiro atoms. The van der Waals surface area contributed by atoms with Crippen molar-refractivity contribution >= 4 is 0 Å². The zero-order valence-electron chi connectivity index (χ0n) is 15.0. The summed E-state index contributed by atoms with van der Waals surface area (Å²) < 4.78 is 30.1. The minimum atomic E-state index is -0.853. The molecule has 2 aliphatic heterocycles. The smallest absolute Gasteiger partial charge is 0.164 e. The maximum atomic E-state index is 10.9. The zero-order valence-corrected chi connectivity index (χ0v) is 15.0. The van der Waals surface area contributed by atoms with Gasteiger partial charge in [0.15, 0.2) is 11.6 Å². The summed E-state index contributed by atoms with van der Waals surface area (Å²) in [6, 6.07) is 9.86. The van der Waals surface area contributed by atoms with Gasteiger partial charge in [-0.25, -0.2) is 0 Å². The van der Waals surface area contributed by atoms with Crippen molar-refractivity contribution in [3.05, 3.63) is 35.9 Å². The van der Waals surface area contributed by atoms with Crippen LogP contribution in [0.2, 0.25) is 0 Å². The SMILES string of the molecule is CC1(C)O[C@@H]2[C@H]3OC(C)(C)O[C@H]3[C@@H](O)[C@H](OCc3ccccc3)[C@H]2O1. The van der Waals surface area contributed by atoms with Crippen molar-refractivity contribution in [1.82, 2.24) is 0 Å². The lowest BCUT2D eigenvalue weighted by atomic mass is 9.85. The van der Waals surface area contributed by atoms with E-state index in [2.05, 4.69) is 0 Å². The molecule has 25 heavy (non-hydrogen) atoms. The third kappa shape index (κ3) is 3.23. The average Bonchev–Trinajstić information content (AvgIpc) is 3.04. The van der Waals surface area contributed by atoms with Crippen LogP contribution in [0.3, 0.4) is 0 Å². The van der Waals surface area contributed by atoms with E-state index in [9.17, 15) is 5.11 Å². The van der Waals surface area contributed by atoms with Gasteiger partial charge >= 0.3 is 0 Å². The van der Waals surface area contributed by atoms with E-state index in [0.717, 1.165) is 5.56 Å². The molecule has 138 valence electrons. The van der Waals surface area contributed by atoms with Crippen molar-refractivity contribution in [1.29, 1.82) is 0 Å². The van der Waals surface area contributed by atoms with Crippen LogP contribution in [0.1, 0.15) is 33.3 Å². The first-order valence-electron chi connectivity index (χ1n) is 8.81. The number of aliphatic hydroxyl groups is 1. The van der Waals surface area contributed by atoms with E-state index in [0.29, 0.717) is 6.61 Å². The van der Waals surface area contributed by atoms with Crippen molar-refractivity contribution in [3.8, 4) is 0 Å². The van der Waals surface area contributed by atoms with Crippen molar-refractivity contribution < 1.29 is 28.8 Å². The average molecular weight is 350 g/mol. The number of aliphatic hydroxyl groups excluding tert-OH is 1. The lowest BCUT2D eigenvalue weighted by Crippen LogP contribution is -2.62. The van der Waals surface area contributed by atoms with Gasteiger partial charge in [0.1, 0.15) is 36.6 Å². The van der Waals surface area contributed by atoms with Crippen LogP contribution in [-0.2, 0) is 30.3 Å². The molecule has 0 aromatic heterocycles. The van der Waals surface area contributed by atoms with E-state index in [1.54, 1.807) is 0 Å². The fourth-order valence-electron chi connectivity index (χ4n) is 4.00. The standard InChI is InChI=1S/C19H26O6/c1-18(2)22-14-12(20)13(21-10-11-8-6-5-7-9-11)15-17(16(14)24-18)25-19(3,4)23-15/h5-9,12-17,20H,10H2,1-4H3/t12-,13-,14-,15+,16-,17-/m0/s1. The van der Waals surface area contributed by atoms with Crippen LogP contribution < -0.4 is 0 Å². The molecule has 3 aliphatic rings. The molecule has 6 heteroatoms. The maximum absolute atomic E-state index is 10.9. The summed E-state index contributed by atoms with van der Waals surface area (Å²) >= 11 is 0. The van der Waals surface area contributed by atoms with Gasteiger partial charge in [0.25, 0.3) is 0 Å². The van der Waals surface area contributed by atoms with Gasteiger partial charge < -0.3 is 28.8 Å². The van der Waals surface area contributed by atoms with Crippen LogP contribution in [-0.4, -0.2) is 53.3 Å². The summed E-state index contributed by atoms with van der Waals surface area (Å²) in [5.74, 6) is -1.53. The molecule has 0 amide bonds. The van der Waals surface area contributed by atoms with Crippen molar-refractivity contribution in [2.45, 2.75) is 82.5 Å². The van der Waals surface area contributed by atoms with Gasteiger partial charge in [-0.05, 0) is 33.3 Å². The molecule has 0 bridgehead atoms. The minimum Gasteiger partial charge on any atom is -0.387 e. The summed E-state index contributed by atoms with van der Waals surface area (Å²) in [4.78, 5) is 0. The third-order valence-corrected chi connectivity index (χ3v) is 4.93. The van der Waals surface area contributed by atoms with Gasteiger partial charge in [-0.1, -0.05) is 30.3 Å². The van der Waals surface area contributed by atoms with Gasteiger partial charge in [-0.15, -0.1) is 0 Å². The summed E-state index contributed by atoms with van der Waals surface area (Å²) in [5.41, 5.74) is 1.04. The van der Waals surface area contributed by atoms with Gasteiger partial charge in [-0.2, -0.15) is 0 Å². The van der Waals surface area contributed by atoms with Crippen LogP contribution in [0.25, 0.3) is 0 Å². The van der Waals surface area contributed by atoms with Crippen LogP contribution in [0, 0.1) is 0 Å². The maximum Gasteiger partial charge on any atom is 0.164 e. The van der Waals surface area contributed by atoms with E-state index < -0.39 is 36.0 Å². The normalized spacial score (nSPS) is 41.3. The second-order valence-corrected chi connectivity index (χ2v) is 7.88. The highest BCUT2D eigenvalue weighted by molar-refractivity contribution is 5.14. The van der Waals surface area contributed by atoms with E-state index in [4.69, 9.17) is 23.7 Å². The monoisotopic (exact) mass is 350 g/mol. The second-order valence-electron chi connectivity index (χ2n) is 7.88. The Labute approximate surface area is 148 Å². The number of rotatable bonds is 3. The summed E-state index contributed by atoms with van der Waals surface area (Å²) in [7, 11) is 0. The number of hydrogen-bond acceptors (Lipinski definition) is 6. The lowest BCUT2D eigenvalue weighted by Gasteiger charge is -2.40. The van der Waals surface area contributed by atoms with Crippen molar-refractivity contribution in [2.24, 2.45) is 0 Å². The Hall–Kier alpha value is -1.02. The highest BCUT2D eigenvalue weighted by atomic mass is 16.8. The first kappa shape index (κ1) is 17.4. The van der Waals surface area contributed by atoms with E-state index in [-0.39, 0.29) is 12.2 Å². The van der Waals surface area contributed by atoms with E-state index in [1.165, 1.54) is 0 Å². The number of benzene rings is 1. The quantitative estimate of drug-likeness (QED) is 0.899. The molecule has 1 aromatic carbocycles. The van der Waals surface area contributed by atoms with Crippen LogP contribution in [0.4, 0.5) is 0 Å². The molecule has 6 nitrogen and oxygen atoms in total. The number of fused-ring (bicyclic) bond motifs is 3. The minimum absolute atomic E-state index is 0.342. The van der Waals surface area contributed by atoms with Crippen molar-refractivity contribution in [2.75, 3.05) is 0 Å². The third-order valence-electron chi connectivity index (χ3n) is 4.93. The summed E-state index contributed by atoms with van der Waals surface area (Å²) in [5, 5.41) is 10.9. The fraction of sp³-hybridized carbons (Fsp3) is 0.684. The van der Waals surface area contributed by atoms with Crippen LogP contribution in [0.5, 0.6) is 0 Å². The Bertz CT molecular complexity index is 616. The van der Waals surface area contributed by atoms with E-state index >= 15 is 0 Å². The Morgan fingerprint density at radius 2 is 1.36 bits per heavy atom. The fourth-order valence-corrected chi connectivity index (χ4v) is 4.00. The van der Waals surface area contributed by atoms with Gasteiger partial charge in [0.2, 0.25) is 0 Å². The molecule has 0 radical (unpaired) electrons. The summed E-state index contributed by atoms with van der Waals surface area (Å²) in [6.45, 7) is 7.79. The first-order chi connectivity index (χ1) is 11.8. The molecular formula is C19H26O6. The molecule has 1 aliphatic carbocycles. The predicted molar refractivity (Wildman–Crippen MR) is 88.7 cm³/mol. The molecule has 1 aromatic rings. The Morgan fingerprint density at radius 1 is 0.840 bits per heavy atom. The van der Waals surface area contributed by atoms with Crippen LogP contribution >= 0.6 is 0 Å². The van der Waals surface area contributed by atoms with Crippen molar-refractivity contribution in [3.63, 3.8) is 0 Å². The molecule has 3 fully saturated rings.